The molecular formula is C33H36BrF2N3O6. The molecule has 2 atom stereocenters. The Bertz CT molecular complexity index is 1490. The van der Waals surface area contributed by atoms with E-state index in [1.807, 2.05) is 12.1 Å². The Morgan fingerprint density at radius 3 is 2.33 bits per heavy atom. The normalized spacial score (nSPS) is 17.8. The van der Waals surface area contributed by atoms with Gasteiger partial charge in [-0.2, -0.15) is 0 Å². The van der Waals surface area contributed by atoms with Gasteiger partial charge in [-0.3, -0.25) is 15.0 Å². The molecule has 12 heteroatoms. The van der Waals surface area contributed by atoms with E-state index in [4.69, 9.17) is 24.3 Å². The van der Waals surface area contributed by atoms with Crippen LogP contribution in [0.25, 0.3) is 0 Å². The molecule has 0 saturated heterocycles. The molecule has 1 amide bonds. The minimum absolute atomic E-state index is 0.0155. The predicted octanol–water partition coefficient (Wildman–Crippen LogP) is 5.69. The largest absolute Gasteiger partial charge is 0.494 e. The first-order valence-corrected chi connectivity index (χ1v) is 15.2. The summed E-state index contributed by atoms with van der Waals surface area (Å²) in [5, 5.41) is 9.02. The van der Waals surface area contributed by atoms with Crippen LogP contribution < -0.4 is 15.6 Å². The molecule has 240 valence electrons. The number of ether oxygens (including phenoxy) is 3. The standard InChI is InChI=1S/C33H36BrF2N3O6/c1-32(2,3)45-28(41)13-14-33(31(42)39-37-20-21-17-25(35)19-26(36)18-21)29(22-5-9-24(34)10-6-22)44-30(38-33)23-7-11-27(12-8-23)43-16-4-15-40/h5-12,17-19,29,37,40H,4,13-16,20H2,1-3H3,(H,39,42)/t29-,33-/m0/s1. The number of nitrogens with zero attached hydrogens (tertiary/aromatic N) is 1. The summed E-state index contributed by atoms with van der Waals surface area (Å²) in [6.45, 7) is 5.54. The third kappa shape index (κ3) is 9.32. The lowest BCUT2D eigenvalue weighted by Gasteiger charge is -2.31. The Morgan fingerprint density at radius 2 is 1.71 bits per heavy atom. The van der Waals surface area contributed by atoms with Gasteiger partial charge in [0.2, 0.25) is 5.90 Å². The Morgan fingerprint density at radius 1 is 1.04 bits per heavy atom. The number of benzene rings is 3. The Kier molecular flexibility index (Phi) is 11.3. The molecule has 0 spiro atoms. The SMILES string of the molecule is CC(C)(C)OC(=O)CC[C@]1(C(=O)NNCc2cc(F)cc(F)c2)N=C(c2ccc(OCCCO)cc2)O[C@H]1c1ccc(Br)cc1. The molecule has 0 unspecified atom stereocenters. The van der Waals surface area contributed by atoms with Gasteiger partial charge in [0.25, 0.3) is 5.91 Å². The van der Waals surface area contributed by atoms with Crippen LogP contribution in [-0.4, -0.2) is 47.2 Å². The van der Waals surface area contributed by atoms with Crippen molar-refractivity contribution in [2.45, 2.75) is 63.8 Å². The number of hydrogen-bond donors (Lipinski definition) is 3. The number of hydrogen-bond acceptors (Lipinski definition) is 8. The first kappa shape index (κ1) is 34.0. The van der Waals surface area contributed by atoms with Crippen molar-refractivity contribution < 1.29 is 37.7 Å². The summed E-state index contributed by atoms with van der Waals surface area (Å²) < 4.78 is 45.8. The van der Waals surface area contributed by atoms with Crippen LogP contribution in [0.15, 0.2) is 76.2 Å². The van der Waals surface area contributed by atoms with Gasteiger partial charge in [-0.1, -0.05) is 28.1 Å². The van der Waals surface area contributed by atoms with Gasteiger partial charge in [0.15, 0.2) is 11.6 Å². The molecule has 9 nitrogen and oxygen atoms in total. The highest BCUT2D eigenvalue weighted by Gasteiger charge is 2.53. The van der Waals surface area contributed by atoms with Gasteiger partial charge >= 0.3 is 5.97 Å². The molecule has 0 aromatic heterocycles. The van der Waals surface area contributed by atoms with Crippen LogP contribution in [0.1, 0.15) is 62.8 Å². The van der Waals surface area contributed by atoms with Crippen LogP contribution in [0.5, 0.6) is 5.75 Å². The zero-order chi connectivity index (χ0) is 32.6. The number of rotatable bonds is 13. The maximum absolute atomic E-state index is 14.1. The van der Waals surface area contributed by atoms with Crippen molar-refractivity contribution in [2.75, 3.05) is 13.2 Å². The molecule has 1 heterocycles. The topological polar surface area (TPSA) is 118 Å². The fourth-order valence-corrected chi connectivity index (χ4v) is 5.01. The summed E-state index contributed by atoms with van der Waals surface area (Å²) in [6, 6.07) is 17.2. The molecule has 3 N–H and O–H groups in total. The van der Waals surface area contributed by atoms with E-state index in [9.17, 15) is 18.4 Å². The number of aliphatic imine (C=N–C) groups is 1. The van der Waals surface area contributed by atoms with Crippen LogP contribution in [0.2, 0.25) is 0 Å². The monoisotopic (exact) mass is 687 g/mol. The fraction of sp³-hybridized carbons (Fsp3) is 0.364. The highest BCUT2D eigenvalue weighted by Crippen LogP contribution is 2.43. The third-order valence-electron chi connectivity index (χ3n) is 6.75. The quantitative estimate of drug-likeness (QED) is 0.120. The first-order valence-electron chi connectivity index (χ1n) is 14.4. The minimum atomic E-state index is -1.64. The van der Waals surface area contributed by atoms with E-state index in [1.54, 1.807) is 57.2 Å². The van der Waals surface area contributed by atoms with E-state index in [0.717, 1.165) is 22.7 Å². The number of halogens is 3. The van der Waals surface area contributed by atoms with Gasteiger partial charge in [0.05, 0.1) is 6.61 Å². The smallest absolute Gasteiger partial charge is 0.306 e. The fourth-order valence-electron chi connectivity index (χ4n) is 4.74. The Balaban J connectivity index is 1.68. The lowest BCUT2D eigenvalue weighted by molar-refractivity contribution is -0.155. The molecule has 1 aliphatic heterocycles. The lowest BCUT2D eigenvalue weighted by Crippen LogP contribution is -2.52. The number of esters is 1. The van der Waals surface area contributed by atoms with E-state index in [2.05, 4.69) is 26.8 Å². The van der Waals surface area contributed by atoms with Gasteiger partial charge in [-0.15, -0.1) is 0 Å². The number of carbonyl (C=O) groups excluding carboxylic acids is 2. The summed E-state index contributed by atoms with van der Waals surface area (Å²) in [6.07, 6.45) is -0.678. The number of aliphatic hydroxyl groups excluding tert-OH is 1. The molecule has 0 bridgehead atoms. The Labute approximate surface area is 269 Å². The maximum atomic E-state index is 14.1. The molecule has 4 rings (SSSR count). The second-order valence-electron chi connectivity index (χ2n) is 11.5. The molecule has 0 radical (unpaired) electrons. The number of hydrazine groups is 1. The van der Waals surface area contributed by atoms with Crippen LogP contribution >= 0.6 is 15.9 Å². The lowest BCUT2D eigenvalue weighted by atomic mass is 9.83. The molecule has 45 heavy (non-hydrogen) atoms. The average Bonchev–Trinajstić information content (AvgIpc) is 3.36. The van der Waals surface area contributed by atoms with E-state index in [0.29, 0.717) is 29.9 Å². The van der Waals surface area contributed by atoms with Crippen LogP contribution in [0.4, 0.5) is 8.78 Å². The zero-order valence-electron chi connectivity index (χ0n) is 25.2. The van der Waals surface area contributed by atoms with Gasteiger partial charge in [-0.25, -0.2) is 19.2 Å². The molecular weight excluding hydrogens is 652 g/mol. The molecule has 0 saturated carbocycles. The van der Waals surface area contributed by atoms with Crippen molar-refractivity contribution in [3.05, 3.63) is 99.5 Å². The summed E-state index contributed by atoms with van der Waals surface area (Å²) in [5.74, 6) is -1.86. The predicted molar refractivity (Wildman–Crippen MR) is 167 cm³/mol. The first-order chi connectivity index (χ1) is 21.4. The summed E-state index contributed by atoms with van der Waals surface area (Å²) in [7, 11) is 0. The van der Waals surface area contributed by atoms with Crippen molar-refractivity contribution in [2.24, 2.45) is 4.99 Å². The summed E-state index contributed by atoms with van der Waals surface area (Å²) in [4.78, 5) is 31.8. The van der Waals surface area contributed by atoms with E-state index in [1.165, 1.54) is 0 Å². The number of carbonyl (C=O) groups is 2. The molecule has 3 aromatic rings. The highest BCUT2D eigenvalue weighted by atomic mass is 79.9. The van der Waals surface area contributed by atoms with Gasteiger partial charge in [0.1, 0.15) is 23.0 Å². The van der Waals surface area contributed by atoms with Crippen LogP contribution in [0, 0.1) is 11.6 Å². The van der Waals surface area contributed by atoms with Gasteiger partial charge < -0.3 is 19.3 Å². The van der Waals surface area contributed by atoms with Crippen molar-refractivity contribution in [3.63, 3.8) is 0 Å². The van der Waals surface area contributed by atoms with E-state index in [-0.39, 0.29) is 37.5 Å². The highest BCUT2D eigenvalue weighted by molar-refractivity contribution is 9.10. The number of nitrogens with one attached hydrogen (secondary N) is 2. The number of aliphatic hydroxyl groups is 1. The summed E-state index contributed by atoms with van der Waals surface area (Å²) >= 11 is 3.43. The molecule has 1 aliphatic rings. The van der Waals surface area contributed by atoms with E-state index < -0.39 is 40.8 Å². The zero-order valence-corrected chi connectivity index (χ0v) is 26.8. The van der Waals surface area contributed by atoms with Crippen molar-refractivity contribution in [3.8, 4) is 5.75 Å². The molecule has 3 aromatic carbocycles. The second kappa shape index (κ2) is 14.9. The van der Waals surface area contributed by atoms with Crippen LogP contribution in [0.3, 0.4) is 0 Å². The van der Waals surface area contributed by atoms with Gasteiger partial charge in [-0.05, 0) is 86.8 Å². The van der Waals surface area contributed by atoms with E-state index >= 15 is 0 Å². The van der Waals surface area contributed by atoms with Crippen molar-refractivity contribution in [1.82, 2.24) is 10.9 Å². The number of amides is 1. The van der Waals surface area contributed by atoms with Crippen LogP contribution in [-0.2, 0) is 25.6 Å². The molecule has 0 fully saturated rings. The van der Waals surface area contributed by atoms with Gasteiger partial charge in [0, 0.05) is 42.1 Å². The van der Waals surface area contributed by atoms with Crippen molar-refractivity contribution >= 4 is 33.7 Å². The second-order valence-corrected chi connectivity index (χ2v) is 12.4. The maximum Gasteiger partial charge on any atom is 0.306 e. The Hall–Kier alpha value is -3.87. The molecule has 0 aliphatic carbocycles. The average molecular weight is 689 g/mol. The summed E-state index contributed by atoms with van der Waals surface area (Å²) in [5.41, 5.74) is 4.46. The minimum Gasteiger partial charge on any atom is -0.494 e. The van der Waals surface area contributed by atoms with Crippen molar-refractivity contribution in [1.29, 1.82) is 0 Å². The third-order valence-corrected chi connectivity index (χ3v) is 7.28.